The van der Waals surface area contributed by atoms with Crippen LogP contribution in [0.25, 0.3) is 11.0 Å². The number of carbonyl (C=O) groups is 1. The second-order valence-corrected chi connectivity index (χ2v) is 2.55. The highest BCUT2D eigenvalue weighted by Crippen LogP contribution is 2.19. The Hall–Kier alpha value is -2.11. The van der Waals surface area contributed by atoms with E-state index >= 15 is 0 Å². The Bertz CT molecular complexity index is 475. The van der Waals surface area contributed by atoms with Crippen molar-refractivity contribution in [3.63, 3.8) is 0 Å². The van der Waals surface area contributed by atoms with Crippen molar-refractivity contribution >= 4 is 22.8 Å². The van der Waals surface area contributed by atoms with Gasteiger partial charge in [0.1, 0.15) is 17.8 Å². The van der Waals surface area contributed by atoms with Crippen LogP contribution in [-0.2, 0) is 0 Å². The molecule has 0 unspecified atom stereocenters. The predicted molar refractivity (Wildman–Crippen MR) is 46.8 cm³/mol. The Morgan fingerprint density at radius 2 is 2.23 bits per heavy atom. The molecule has 0 aliphatic heterocycles. The number of amides is 1. The molecule has 2 aromatic heterocycles. The van der Waals surface area contributed by atoms with Crippen molar-refractivity contribution in [2.24, 2.45) is 5.73 Å². The highest BCUT2D eigenvalue weighted by atomic mass is 16.1. The molecule has 0 bridgehead atoms. The number of aromatic nitrogens is 3. The van der Waals surface area contributed by atoms with Gasteiger partial charge in [0.25, 0.3) is 5.91 Å². The summed E-state index contributed by atoms with van der Waals surface area (Å²) in [4.78, 5) is 21.3. The molecular weight excluding hydrogens is 170 g/mol. The van der Waals surface area contributed by atoms with E-state index in [9.17, 15) is 4.79 Å². The quantitative estimate of drug-likeness (QED) is 0.552. The lowest BCUT2D eigenvalue weighted by Crippen LogP contribution is -2.10. The summed E-state index contributed by atoms with van der Waals surface area (Å²) in [6.07, 6.45) is 2.79. The van der Waals surface area contributed by atoms with Gasteiger partial charge in [-0.1, -0.05) is 0 Å². The van der Waals surface area contributed by atoms with E-state index in [1.54, 1.807) is 0 Å². The minimum atomic E-state index is -0.548. The van der Waals surface area contributed by atoms with Gasteiger partial charge in [0.2, 0.25) is 0 Å². The molecule has 0 saturated carbocycles. The second kappa shape index (κ2) is 2.44. The van der Waals surface area contributed by atoms with E-state index in [1.165, 1.54) is 12.5 Å². The third kappa shape index (κ3) is 0.994. The topological polar surface area (TPSA) is 111 Å². The van der Waals surface area contributed by atoms with E-state index in [2.05, 4.69) is 15.0 Å². The third-order valence-corrected chi connectivity index (χ3v) is 1.76. The number of anilines is 1. The van der Waals surface area contributed by atoms with Gasteiger partial charge >= 0.3 is 0 Å². The van der Waals surface area contributed by atoms with Crippen LogP contribution in [0.15, 0.2) is 12.5 Å². The first kappa shape index (κ1) is 7.53. The van der Waals surface area contributed by atoms with Crippen molar-refractivity contribution in [2.75, 3.05) is 5.73 Å². The monoisotopic (exact) mass is 177 g/mol. The Labute approximate surface area is 73.0 Å². The van der Waals surface area contributed by atoms with Crippen molar-refractivity contribution < 1.29 is 4.79 Å². The molecule has 0 aliphatic rings. The van der Waals surface area contributed by atoms with Crippen molar-refractivity contribution in [2.45, 2.75) is 0 Å². The number of nitrogens with two attached hydrogens (primary N) is 2. The van der Waals surface area contributed by atoms with Gasteiger partial charge < -0.3 is 16.5 Å². The zero-order valence-corrected chi connectivity index (χ0v) is 6.61. The molecule has 66 valence electrons. The van der Waals surface area contributed by atoms with Crippen molar-refractivity contribution in [1.82, 2.24) is 15.0 Å². The predicted octanol–water partition coefficient (Wildman–Crippen LogP) is -0.361. The summed E-state index contributed by atoms with van der Waals surface area (Å²) in [5.74, 6) is -0.298. The van der Waals surface area contributed by atoms with E-state index in [1.807, 2.05) is 0 Å². The van der Waals surface area contributed by atoms with Gasteiger partial charge in [-0.2, -0.15) is 0 Å². The first-order chi connectivity index (χ1) is 6.20. The minimum Gasteiger partial charge on any atom is -0.383 e. The summed E-state index contributed by atoms with van der Waals surface area (Å²) < 4.78 is 0. The fourth-order valence-corrected chi connectivity index (χ4v) is 1.18. The molecule has 0 fully saturated rings. The summed E-state index contributed by atoms with van der Waals surface area (Å²) in [5.41, 5.74) is 11.5. The lowest BCUT2D eigenvalue weighted by Gasteiger charge is -1.95. The van der Waals surface area contributed by atoms with Gasteiger partial charge in [-0.15, -0.1) is 0 Å². The van der Waals surface area contributed by atoms with Gasteiger partial charge in [-0.3, -0.25) is 4.79 Å². The third-order valence-electron chi connectivity index (χ3n) is 1.76. The van der Waals surface area contributed by atoms with Crippen molar-refractivity contribution in [3.8, 4) is 0 Å². The van der Waals surface area contributed by atoms with Gasteiger partial charge in [-0.25, -0.2) is 9.97 Å². The summed E-state index contributed by atoms with van der Waals surface area (Å²) in [7, 11) is 0. The van der Waals surface area contributed by atoms with Gasteiger partial charge in [0, 0.05) is 6.20 Å². The number of H-pyrrole nitrogens is 1. The largest absolute Gasteiger partial charge is 0.383 e. The highest BCUT2D eigenvalue weighted by Gasteiger charge is 2.12. The molecule has 0 aliphatic carbocycles. The zero-order chi connectivity index (χ0) is 9.42. The average molecular weight is 177 g/mol. The normalized spacial score (nSPS) is 10.5. The number of nitrogens with one attached hydrogen (secondary N) is 1. The number of carbonyl (C=O) groups excluding carboxylic acids is 1. The molecule has 2 aromatic rings. The number of aromatic amines is 1. The lowest BCUT2D eigenvalue weighted by molar-refractivity contribution is 0.100. The van der Waals surface area contributed by atoms with Crippen LogP contribution in [-0.4, -0.2) is 20.9 Å². The van der Waals surface area contributed by atoms with Crippen LogP contribution >= 0.6 is 0 Å². The first-order valence-corrected chi connectivity index (χ1v) is 3.57. The zero-order valence-electron chi connectivity index (χ0n) is 6.61. The Morgan fingerprint density at radius 1 is 1.46 bits per heavy atom. The van der Waals surface area contributed by atoms with Crippen LogP contribution in [0.5, 0.6) is 0 Å². The van der Waals surface area contributed by atoms with Gasteiger partial charge in [0.15, 0.2) is 0 Å². The second-order valence-electron chi connectivity index (χ2n) is 2.55. The highest BCUT2D eigenvalue weighted by molar-refractivity contribution is 6.08. The fourth-order valence-electron chi connectivity index (χ4n) is 1.18. The van der Waals surface area contributed by atoms with E-state index < -0.39 is 5.91 Å². The molecule has 0 radical (unpaired) electrons. The molecule has 1 amide bonds. The molecule has 13 heavy (non-hydrogen) atoms. The molecule has 5 N–H and O–H groups in total. The van der Waals surface area contributed by atoms with E-state index in [0.29, 0.717) is 16.6 Å². The van der Waals surface area contributed by atoms with Crippen LogP contribution in [0.1, 0.15) is 10.4 Å². The Balaban J connectivity index is 2.86. The van der Waals surface area contributed by atoms with Crippen LogP contribution < -0.4 is 11.5 Å². The van der Waals surface area contributed by atoms with Gasteiger partial charge in [0.05, 0.1) is 10.9 Å². The molecule has 0 spiro atoms. The lowest BCUT2D eigenvalue weighted by atomic mass is 10.2. The molecule has 2 rings (SSSR count). The van der Waals surface area contributed by atoms with E-state index in [0.717, 1.165) is 0 Å². The number of fused-ring (bicyclic) bond motifs is 1. The SMILES string of the molecule is NC(=O)c1c[nH]c2ncnc(N)c12. The maximum atomic E-state index is 10.9. The first-order valence-electron chi connectivity index (χ1n) is 3.57. The average Bonchev–Trinajstić information content (AvgIpc) is 2.49. The number of nitrogen functional groups attached to an aromatic ring is 1. The molecule has 6 heteroatoms. The maximum absolute atomic E-state index is 10.9. The molecule has 0 atom stereocenters. The van der Waals surface area contributed by atoms with Crippen LogP contribution in [0.4, 0.5) is 5.82 Å². The van der Waals surface area contributed by atoms with Crippen molar-refractivity contribution in [3.05, 3.63) is 18.1 Å². The van der Waals surface area contributed by atoms with Crippen molar-refractivity contribution in [1.29, 1.82) is 0 Å². The summed E-state index contributed by atoms with van der Waals surface area (Å²) in [6.45, 7) is 0. The molecule has 0 aromatic carbocycles. The molecule has 2 heterocycles. The van der Waals surface area contributed by atoms with Crippen LogP contribution in [0, 0.1) is 0 Å². The number of rotatable bonds is 1. The minimum absolute atomic E-state index is 0.250. The van der Waals surface area contributed by atoms with Gasteiger partial charge in [-0.05, 0) is 0 Å². The number of nitrogens with zero attached hydrogens (tertiary/aromatic N) is 2. The Morgan fingerprint density at radius 3 is 2.92 bits per heavy atom. The summed E-state index contributed by atoms with van der Waals surface area (Å²) in [5, 5.41) is 0.481. The number of hydrogen-bond donors (Lipinski definition) is 3. The molecular formula is C7H7N5O. The van der Waals surface area contributed by atoms with Crippen LogP contribution in [0.2, 0.25) is 0 Å². The Kier molecular flexibility index (Phi) is 1.42. The molecule has 6 nitrogen and oxygen atoms in total. The van der Waals surface area contributed by atoms with Crippen LogP contribution in [0.3, 0.4) is 0 Å². The summed E-state index contributed by atoms with van der Waals surface area (Å²) in [6, 6.07) is 0. The van der Waals surface area contributed by atoms with E-state index in [4.69, 9.17) is 11.5 Å². The number of hydrogen-bond acceptors (Lipinski definition) is 4. The standard InChI is InChI=1S/C7H7N5O/c8-5-4-3(6(9)13)1-10-7(4)12-2-11-5/h1-2H,(H2,9,13)(H3,8,10,11,12). The maximum Gasteiger partial charge on any atom is 0.251 e. The summed E-state index contributed by atoms with van der Waals surface area (Å²) >= 11 is 0. The molecule has 0 saturated heterocycles. The smallest absolute Gasteiger partial charge is 0.251 e. The fraction of sp³-hybridized carbons (Fsp3) is 0. The number of primary amides is 1. The van der Waals surface area contributed by atoms with E-state index in [-0.39, 0.29) is 5.82 Å².